The van der Waals surface area contributed by atoms with Crippen molar-refractivity contribution in [2.24, 2.45) is 5.73 Å². The van der Waals surface area contributed by atoms with Gasteiger partial charge in [0.05, 0.1) is 5.69 Å². The lowest BCUT2D eigenvalue weighted by molar-refractivity contribution is 0.873. The number of hydrogen-bond acceptors (Lipinski definition) is 5. The fourth-order valence-corrected chi connectivity index (χ4v) is 2.59. The Hall–Kier alpha value is -2.05. The van der Waals surface area contributed by atoms with Gasteiger partial charge < -0.3 is 5.73 Å². The van der Waals surface area contributed by atoms with Gasteiger partial charge in [0, 0.05) is 18.2 Å². The zero-order valence-corrected chi connectivity index (χ0v) is 10.2. The van der Waals surface area contributed by atoms with Crippen LogP contribution in [0.4, 0.5) is 0 Å². The highest BCUT2D eigenvalue weighted by Crippen LogP contribution is 2.23. The van der Waals surface area contributed by atoms with Crippen molar-refractivity contribution in [3.63, 3.8) is 0 Å². The van der Waals surface area contributed by atoms with Gasteiger partial charge in [-0.15, -0.1) is 0 Å². The second kappa shape index (κ2) is 4.32. The van der Waals surface area contributed by atoms with Gasteiger partial charge in [-0.25, -0.2) is 4.98 Å². The van der Waals surface area contributed by atoms with E-state index < -0.39 is 0 Å². The summed E-state index contributed by atoms with van der Waals surface area (Å²) in [6.07, 6.45) is 0. The van der Waals surface area contributed by atoms with Crippen molar-refractivity contribution >= 4 is 16.3 Å². The first-order valence-corrected chi connectivity index (χ1v) is 6.25. The maximum absolute atomic E-state index is 11.8. The molecule has 2 heterocycles. The van der Waals surface area contributed by atoms with Crippen LogP contribution in [-0.2, 0) is 6.54 Å². The first-order valence-electron chi connectivity index (χ1n) is 5.43. The number of hydrogen-bond donors (Lipinski definition) is 1. The molecule has 0 aliphatic carbocycles. The lowest BCUT2D eigenvalue weighted by atomic mass is 10.2. The van der Waals surface area contributed by atoms with Crippen LogP contribution in [-0.4, -0.2) is 14.6 Å². The minimum atomic E-state index is -0.195. The summed E-state index contributed by atoms with van der Waals surface area (Å²) >= 11 is 1.38. The summed E-state index contributed by atoms with van der Waals surface area (Å²) in [6.45, 7) is 0.254. The van der Waals surface area contributed by atoms with Gasteiger partial charge >= 0.3 is 0 Å². The predicted octanol–water partition coefficient (Wildman–Crippen LogP) is 1.28. The Morgan fingerprint density at radius 1 is 1.28 bits per heavy atom. The molecule has 18 heavy (non-hydrogen) atoms. The fourth-order valence-electron chi connectivity index (χ4n) is 1.66. The highest BCUT2D eigenvalue weighted by atomic mass is 32.1. The number of fused-ring (bicyclic) bond motifs is 1. The van der Waals surface area contributed by atoms with Crippen LogP contribution in [0.25, 0.3) is 15.5 Å². The van der Waals surface area contributed by atoms with Crippen LogP contribution in [0.1, 0.15) is 5.69 Å². The average Bonchev–Trinajstić information content (AvgIpc) is 2.84. The maximum Gasteiger partial charge on any atom is 0.275 e. The Balaban J connectivity index is 2.23. The molecule has 3 rings (SSSR count). The third kappa shape index (κ3) is 1.81. The summed E-state index contributed by atoms with van der Waals surface area (Å²) in [5.41, 5.74) is 6.87. The van der Waals surface area contributed by atoms with Crippen molar-refractivity contribution in [2.45, 2.75) is 6.54 Å². The highest BCUT2D eigenvalue weighted by Gasteiger charge is 2.09. The molecule has 1 aromatic carbocycles. The molecule has 0 amide bonds. The molecule has 3 aromatic rings. The molecule has 2 aromatic heterocycles. The standard InChI is InChI=1S/C12H10N4OS/c13-7-9-6-10(17)16-12(14-9)18-11(15-16)8-4-2-1-3-5-8/h1-6H,7,13H2. The van der Waals surface area contributed by atoms with E-state index in [9.17, 15) is 4.79 Å². The second-order valence-corrected chi connectivity index (χ2v) is 4.71. The second-order valence-electron chi connectivity index (χ2n) is 3.76. The van der Waals surface area contributed by atoms with E-state index in [2.05, 4.69) is 10.1 Å². The van der Waals surface area contributed by atoms with Crippen LogP contribution in [0.2, 0.25) is 0 Å². The van der Waals surface area contributed by atoms with Crippen molar-refractivity contribution < 1.29 is 0 Å². The summed E-state index contributed by atoms with van der Waals surface area (Å²) in [5, 5.41) is 5.05. The molecule has 0 unspecified atom stereocenters. The van der Waals surface area contributed by atoms with E-state index in [-0.39, 0.29) is 12.1 Å². The topological polar surface area (TPSA) is 73.3 Å². The Bertz CT molecular complexity index is 748. The van der Waals surface area contributed by atoms with E-state index in [1.54, 1.807) is 0 Å². The largest absolute Gasteiger partial charge is 0.325 e. The zero-order chi connectivity index (χ0) is 12.5. The molecule has 0 aliphatic rings. The van der Waals surface area contributed by atoms with Crippen LogP contribution in [0.3, 0.4) is 0 Å². The molecular weight excluding hydrogens is 248 g/mol. The van der Waals surface area contributed by atoms with Crippen molar-refractivity contribution in [1.29, 1.82) is 0 Å². The van der Waals surface area contributed by atoms with E-state index in [4.69, 9.17) is 5.73 Å². The number of nitrogens with two attached hydrogens (primary N) is 1. The lowest BCUT2D eigenvalue weighted by Gasteiger charge is -1.93. The van der Waals surface area contributed by atoms with Crippen LogP contribution in [0.5, 0.6) is 0 Å². The molecule has 6 heteroatoms. The normalized spacial score (nSPS) is 10.9. The molecule has 0 atom stereocenters. The van der Waals surface area contributed by atoms with Gasteiger partial charge in [0.1, 0.15) is 5.01 Å². The summed E-state index contributed by atoms with van der Waals surface area (Å²) < 4.78 is 1.31. The summed E-state index contributed by atoms with van der Waals surface area (Å²) in [6, 6.07) is 11.1. The molecule has 90 valence electrons. The molecular formula is C12H10N4OS. The van der Waals surface area contributed by atoms with Gasteiger partial charge in [0.25, 0.3) is 5.56 Å². The van der Waals surface area contributed by atoms with Crippen molar-refractivity contribution in [2.75, 3.05) is 0 Å². The van der Waals surface area contributed by atoms with Gasteiger partial charge in [-0.05, 0) is 0 Å². The van der Waals surface area contributed by atoms with Crippen molar-refractivity contribution in [3.05, 3.63) is 52.4 Å². The Kier molecular flexibility index (Phi) is 2.66. The summed E-state index contributed by atoms with van der Waals surface area (Å²) in [5.74, 6) is 0. The maximum atomic E-state index is 11.8. The smallest absolute Gasteiger partial charge is 0.275 e. The zero-order valence-electron chi connectivity index (χ0n) is 9.41. The minimum Gasteiger partial charge on any atom is -0.325 e. The molecule has 5 nitrogen and oxygen atoms in total. The number of nitrogens with zero attached hydrogens (tertiary/aromatic N) is 3. The molecule has 0 radical (unpaired) electrons. The first-order chi connectivity index (χ1) is 8.78. The summed E-state index contributed by atoms with van der Waals surface area (Å²) in [4.78, 5) is 16.7. The van der Waals surface area contributed by atoms with Gasteiger partial charge in [0.15, 0.2) is 0 Å². The molecule has 2 N–H and O–H groups in total. The van der Waals surface area contributed by atoms with E-state index in [0.717, 1.165) is 10.6 Å². The highest BCUT2D eigenvalue weighted by molar-refractivity contribution is 7.19. The first kappa shape index (κ1) is 11.1. The SMILES string of the molecule is NCc1cc(=O)n2nc(-c3ccccc3)sc2n1. The molecule has 0 saturated heterocycles. The van der Waals surface area contributed by atoms with Crippen molar-refractivity contribution in [3.8, 4) is 10.6 Å². The molecule has 0 spiro atoms. The van der Waals surface area contributed by atoms with E-state index in [1.807, 2.05) is 30.3 Å². The quantitative estimate of drug-likeness (QED) is 0.751. The van der Waals surface area contributed by atoms with Gasteiger partial charge in [-0.3, -0.25) is 4.79 Å². The van der Waals surface area contributed by atoms with Crippen molar-refractivity contribution in [1.82, 2.24) is 14.6 Å². The van der Waals surface area contributed by atoms with Gasteiger partial charge in [0.2, 0.25) is 4.96 Å². The number of aromatic nitrogens is 3. The van der Waals surface area contributed by atoms with Crippen LogP contribution in [0.15, 0.2) is 41.2 Å². The van der Waals surface area contributed by atoms with Gasteiger partial charge in [-0.1, -0.05) is 41.7 Å². The monoisotopic (exact) mass is 258 g/mol. The van der Waals surface area contributed by atoms with Crippen LogP contribution in [0, 0.1) is 0 Å². The third-order valence-electron chi connectivity index (χ3n) is 2.53. The third-order valence-corrected chi connectivity index (χ3v) is 3.49. The predicted molar refractivity (Wildman–Crippen MR) is 70.5 cm³/mol. The lowest BCUT2D eigenvalue weighted by Crippen LogP contribution is -2.16. The minimum absolute atomic E-state index is 0.195. The van der Waals surface area contributed by atoms with Gasteiger partial charge in [-0.2, -0.15) is 9.61 Å². The number of benzene rings is 1. The van der Waals surface area contributed by atoms with E-state index in [0.29, 0.717) is 10.7 Å². The number of rotatable bonds is 2. The van der Waals surface area contributed by atoms with Crippen LogP contribution < -0.4 is 11.3 Å². The summed E-state index contributed by atoms with van der Waals surface area (Å²) in [7, 11) is 0. The van der Waals surface area contributed by atoms with E-state index >= 15 is 0 Å². The molecule has 0 bridgehead atoms. The molecule has 0 fully saturated rings. The van der Waals surface area contributed by atoms with Crippen LogP contribution >= 0.6 is 11.3 Å². The Labute approximate surface area is 107 Å². The Morgan fingerprint density at radius 3 is 2.78 bits per heavy atom. The molecule has 0 saturated carbocycles. The molecule has 0 aliphatic heterocycles. The Morgan fingerprint density at radius 2 is 2.06 bits per heavy atom. The average molecular weight is 258 g/mol. The van der Waals surface area contributed by atoms with E-state index in [1.165, 1.54) is 21.9 Å². The fraction of sp³-hybridized carbons (Fsp3) is 0.0833.